The molecule has 1 atom stereocenters. The van der Waals surface area contributed by atoms with Gasteiger partial charge in [0.25, 0.3) is 0 Å². The predicted octanol–water partition coefficient (Wildman–Crippen LogP) is 4.12. The van der Waals surface area contributed by atoms with Crippen LogP contribution in [0.1, 0.15) is 18.1 Å². The quantitative estimate of drug-likeness (QED) is 0.614. The number of aryl methyl sites for hydroxylation is 2. The molecule has 0 radical (unpaired) electrons. The number of ether oxygens (including phenoxy) is 2. The lowest BCUT2D eigenvalue weighted by Crippen LogP contribution is -2.34. The first-order chi connectivity index (χ1) is 10.2. The third kappa shape index (κ3) is 5.58. The zero-order valence-electron chi connectivity index (χ0n) is 13.3. The Kier molecular flexibility index (Phi) is 7.78. The van der Waals surface area contributed by atoms with Crippen molar-refractivity contribution in [3.8, 4) is 11.5 Å². The number of hydrogen-bond donors (Lipinski definition) is 1. The summed E-state index contributed by atoms with van der Waals surface area (Å²) >= 11 is 0. The molecule has 22 heavy (non-hydrogen) atoms. The van der Waals surface area contributed by atoms with Crippen LogP contribution in [0.2, 0.25) is 0 Å². The summed E-state index contributed by atoms with van der Waals surface area (Å²) in [6.45, 7) is 7.45. The van der Waals surface area contributed by atoms with E-state index < -0.39 is 0 Å². The van der Waals surface area contributed by atoms with Crippen LogP contribution in [-0.2, 0) is 0 Å². The maximum Gasteiger partial charge on any atom is 0.147 e. The van der Waals surface area contributed by atoms with E-state index >= 15 is 0 Å². The second-order valence-corrected chi connectivity index (χ2v) is 5.09. The molecule has 1 unspecified atom stereocenters. The summed E-state index contributed by atoms with van der Waals surface area (Å²) in [5, 5.41) is 3.30. The molecule has 2 rings (SSSR count). The third-order valence-electron chi connectivity index (χ3n) is 3.28. The van der Waals surface area contributed by atoms with Crippen LogP contribution in [0.5, 0.6) is 11.5 Å². The van der Waals surface area contributed by atoms with Gasteiger partial charge in [-0.3, -0.25) is 5.32 Å². The van der Waals surface area contributed by atoms with Crippen LogP contribution in [-0.4, -0.2) is 19.4 Å². The van der Waals surface area contributed by atoms with Gasteiger partial charge in [-0.15, -0.1) is 12.4 Å². The van der Waals surface area contributed by atoms with E-state index in [1.807, 2.05) is 69.3 Å². The predicted molar refractivity (Wildman–Crippen MR) is 93.2 cm³/mol. The largest absolute Gasteiger partial charge is 0.492 e. The molecular formula is C18H24ClNO2. The van der Waals surface area contributed by atoms with Crippen molar-refractivity contribution in [1.82, 2.24) is 5.32 Å². The average molecular weight is 322 g/mol. The van der Waals surface area contributed by atoms with Crippen molar-refractivity contribution < 1.29 is 9.47 Å². The molecule has 1 N–H and O–H groups in total. The molecule has 0 amide bonds. The first-order valence-corrected chi connectivity index (χ1v) is 7.31. The van der Waals surface area contributed by atoms with Crippen molar-refractivity contribution in [2.24, 2.45) is 0 Å². The molecule has 0 spiro atoms. The molecule has 2 aromatic carbocycles. The number of benzene rings is 2. The Morgan fingerprint density at radius 1 is 0.909 bits per heavy atom. The zero-order valence-corrected chi connectivity index (χ0v) is 14.2. The topological polar surface area (TPSA) is 30.5 Å². The van der Waals surface area contributed by atoms with E-state index in [0.717, 1.165) is 29.2 Å². The summed E-state index contributed by atoms with van der Waals surface area (Å²) < 4.78 is 11.6. The third-order valence-corrected chi connectivity index (χ3v) is 3.28. The van der Waals surface area contributed by atoms with E-state index in [0.29, 0.717) is 6.61 Å². The van der Waals surface area contributed by atoms with Crippen molar-refractivity contribution in [1.29, 1.82) is 0 Å². The summed E-state index contributed by atoms with van der Waals surface area (Å²) in [5.74, 6) is 1.85. The van der Waals surface area contributed by atoms with Gasteiger partial charge in [-0.2, -0.15) is 0 Å². The monoisotopic (exact) mass is 321 g/mol. The first-order valence-electron chi connectivity index (χ1n) is 7.31. The van der Waals surface area contributed by atoms with Gasteiger partial charge in [0.2, 0.25) is 0 Å². The normalized spacial score (nSPS) is 11.4. The Hall–Kier alpha value is -1.71. The van der Waals surface area contributed by atoms with Gasteiger partial charge in [0.05, 0.1) is 0 Å². The summed E-state index contributed by atoms with van der Waals surface area (Å²) in [4.78, 5) is 0. The van der Waals surface area contributed by atoms with Crippen LogP contribution in [0, 0.1) is 13.8 Å². The Morgan fingerprint density at radius 3 is 2.05 bits per heavy atom. The molecule has 120 valence electrons. The van der Waals surface area contributed by atoms with Crippen LogP contribution in [0.15, 0.2) is 48.5 Å². The molecule has 0 saturated carbocycles. The molecule has 0 heterocycles. The molecule has 3 nitrogen and oxygen atoms in total. The molecule has 4 heteroatoms. The molecule has 0 aliphatic heterocycles. The Labute approximate surface area is 139 Å². The van der Waals surface area contributed by atoms with E-state index in [2.05, 4.69) is 5.32 Å². The van der Waals surface area contributed by atoms with Gasteiger partial charge in [0.1, 0.15) is 24.3 Å². The van der Waals surface area contributed by atoms with E-state index in [4.69, 9.17) is 9.47 Å². The van der Waals surface area contributed by atoms with E-state index in [-0.39, 0.29) is 18.6 Å². The van der Waals surface area contributed by atoms with Gasteiger partial charge in [-0.05, 0) is 44.0 Å². The first kappa shape index (κ1) is 18.3. The lowest BCUT2D eigenvalue weighted by molar-refractivity contribution is 0.171. The summed E-state index contributed by atoms with van der Waals surface area (Å²) in [5.41, 5.74) is 2.30. The van der Waals surface area contributed by atoms with Crippen molar-refractivity contribution in [3.63, 3.8) is 0 Å². The van der Waals surface area contributed by atoms with E-state index in [1.165, 1.54) is 0 Å². The minimum Gasteiger partial charge on any atom is -0.492 e. The van der Waals surface area contributed by atoms with Gasteiger partial charge < -0.3 is 9.47 Å². The van der Waals surface area contributed by atoms with Crippen molar-refractivity contribution in [2.45, 2.75) is 27.0 Å². The molecule has 0 bridgehead atoms. The summed E-state index contributed by atoms with van der Waals surface area (Å²) in [6, 6.07) is 16.1. The van der Waals surface area contributed by atoms with Crippen molar-refractivity contribution in [2.75, 3.05) is 13.2 Å². The lowest BCUT2D eigenvalue weighted by atomic mass is 10.2. The van der Waals surface area contributed by atoms with Gasteiger partial charge in [0.15, 0.2) is 0 Å². The van der Waals surface area contributed by atoms with Gasteiger partial charge in [-0.1, -0.05) is 36.4 Å². The molecule has 0 aliphatic rings. The highest BCUT2D eigenvalue weighted by atomic mass is 35.5. The highest BCUT2D eigenvalue weighted by molar-refractivity contribution is 5.85. The maximum absolute atomic E-state index is 5.85. The number of para-hydroxylation sites is 2. The fourth-order valence-corrected chi connectivity index (χ4v) is 2.06. The van der Waals surface area contributed by atoms with Crippen LogP contribution in [0.4, 0.5) is 0 Å². The fourth-order valence-electron chi connectivity index (χ4n) is 2.06. The number of nitrogens with one attached hydrogen (secondary N) is 1. The lowest BCUT2D eigenvalue weighted by Gasteiger charge is -2.18. The van der Waals surface area contributed by atoms with Crippen LogP contribution in [0.3, 0.4) is 0 Å². The van der Waals surface area contributed by atoms with Crippen LogP contribution in [0.25, 0.3) is 0 Å². The molecule has 0 aliphatic carbocycles. The van der Waals surface area contributed by atoms with E-state index in [1.54, 1.807) is 0 Å². The van der Waals surface area contributed by atoms with Crippen LogP contribution >= 0.6 is 12.4 Å². The average Bonchev–Trinajstić information content (AvgIpc) is 2.48. The summed E-state index contributed by atoms with van der Waals surface area (Å²) in [6.07, 6.45) is -0.0495. The maximum atomic E-state index is 5.85. The Bertz CT molecular complexity index is 575. The Balaban J connectivity index is 0.00000242. The number of rotatable bonds is 7. The molecular weight excluding hydrogens is 298 g/mol. The fraction of sp³-hybridized carbons (Fsp3) is 0.333. The molecule has 0 fully saturated rings. The van der Waals surface area contributed by atoms with Crippen molar-refractivity contribution >= 4 is 12.4 Å². The molecule has 0 aromatic heterocycles. The minimum atomic E-state index is -0.0495. The highest BCUT2D eigenvalue weighted by Crippen LogP contribution is 2.17. The highest BCUT2D eigenvalue weighted by Gasteiger charge is 2.05. The van der Waals surface area contributed by atoms with Crippen molar-refractivity contribution in [3.05, 3.63) is 59.7 Å². The Morgan fingerprint density at radius 2 is 1.45 bits per heavy atom. The summed E-state index contributed by atoms with van der Waals surface area (Å²) in [7, 11) is 0. The second kappa shape index (κ2) is 9.34. The smallest absolute Gasteiger partial charge is 0.147 e. The number of hydrogen-bond acceptors (Lipinski definition) is 3. The SMILES string of the molecule is Cc1ccccc1OCCNC(C)Oc1ccccc1C.Cl. The molecule has 0 saturated heterocycles. The second-order valence-electron chi connectivity index (χ2n) is 5.09. The van der Waals surface area contributed by atoms with Gasteiger partial charge in [0, 0.05) is 6.54 Å². The minimum absolute atomic E-state index is 0. The van der Waals surface area contributed by atoms with Crippen LogP contribution < -0.4 is 14.8 Å². The number of halogens is 1. The van der Waals surface area contributed by atoms with Gasteiger partial charge >= 0.3 is 0 Å². The standard InChI is InChI=1S/C18H23NO2.ClH/c1-14-8-4-6-10-17(14)20-13-12-19-16(3)21-18-11-7-5-9-15(18)2;/h4-11,16,19H,12-13H2,1-3H3;1H. The van der Waals surface area contributed by atoms with Gasteiger partial charge in [-0.25, -0.2) is 0 Å². The van der Waals surface area contributed by atoms with E-state index in [9.17, 15) is 0 Å². The molecule has 2 aromatic rings. The zero-order chi connectivity index (χ0) is 15.1.